The van der Waals surface area contributed by atoms with Gasteiger partial charge in [-0.2, -0.15) is 0 Å². The van der Waals surface area contributed by atoms with Crippen LogP contribution in [0.3, 0.4) is 0 Å². The number of benzene rings is 2. The highest BCUT2D eigenvalue weighted by Crippen LogP contribution is 2.33. The van der Waals surface area contributed by atoms with Crippen molar-refractivity contribution in [3.63, 3.8) is 0 Å². The minimum Gasteiger partial charge on any atom is -0.479 e. The average molecular weight is 352 g/mol. The van der Waals surface area contributed by atoms with Gasteiger partial charge in [0.1, 0.15) is 5.75 Å². The summed E-state index contributed by atoms with van der Waals surface area (Å²) >= 11 is 0. The molecule has 5 nitrogen and oxygen atoms in total. The summed E-state index contributed by atoms with van der Waals surface area (Å²) in [6.07, 6.45) is -0.264. The van der Waals surface area contributed by atoms with Crippen LogP contribution in [0.1, 0.15) is 24.5 Å². The second kappa shape index (κ2) is 7.60. The second-order valence-corrected chi connectivity index (χ2v) is 6.70. The Bertz CT molecular complexity index is 801. The lowest BCUT2D eigenvalue weighted by Crippen LogP contribution is -2.45. The fourth-order valence-corrected chi connectivity index (χ4v) is 3.04. The average Bonchev–Trinajstić information content (AvgIpc) is 2.63. The van der Waals surface area contributed by atoms with Crippen LogP contribution in [0.25, 0.3) is 0 Å². The van der Waals surface area contributed by atoms with Gasteiger partial charge in [0.15, 0.2) is 6.10 Å². The zero-order valence-corrected chi connectivity index (χ0v) is 15.4. The van der Waals surface area contributed by atoms with E-state index in [4.69, 9.17) is 4.74 Å². The molecule has 0 N–H and O–H groups in total. The summed E-state index contributed by atoms with van der Waals surface area (Å²) in [7, 11) is 1.79. The topological polar surface area (TPSA) is 49.9 Å². The van der Waals surface area contributed by atoms with Gasteiger partial charge in [-0.05, 0) is 31.5 Å². The van der Waals surface area contributed by atoms with E-state index in [2.05, 4.69) is 0 Å². The number of carbonyl (C=O) groups excluding carboxylic acids is 2. The second-order valence-electron chi connectivity index (χ2n) is 6.70. The molecule has 0 fully saturated rings. The van der Waals surface area contributed by atoms with Gasteiger partial charge in [-0.3, -0.25) is 9.59 Å². The predicted molar refractivity (Wildman–Crippen MR) is 101 cm³/mol. The number of nitrogens with zero attached hydrogens (tertiary/aromatic N) is 2. The Labute approximate surface area is 154 Å². The van der Waals surface area contributed by atoms with Crippen molar-refractivity contribution in [1.82, 2.24) is 4.90 Å². The van der Waals surface area contributed by atoms with E-state index in [1.807, 2.05) is 55.5 Å². The van der Waals surface area contributed by atoms with E-state index in [9.17, 15) is 9.59 Å². The molecular weight excluding hydrogens is 328 g/mol. The van der Waals surface area contributed by atoms with Crippen molar-refractivity contribution >= 4 is 17.5 Å². The first kappa shape index (κ1) is 18.0. The zero-order chi connectivity index (χ0) is 18.7. The Kier molecular flexibility index (Phi) is 5.26. The van der Waals surface area contributed by atoms with Gasteiger partial charge in [0.25, 0.3) is 5.91 Å². The number of hydrogen-bond acceptors (Lipinski definition) is 3. The number of anilines is 1. The Morgan fingerprint density at radius 3 is 2.58 bits per heavy atom. The summed E-state index contributed by atoms with van der Waals surface area (Å²) in [5.74, 6) is 0.577. The normalized spacial score (nSPS) is 16.0. The van der Waals surface area contributed by atoms with Gasteiger partial charge in [0.05, 0.1) is 5.69 Å². The SMILES string of the molecule is Cc1ccc(CN(C)C(=O)CCN2C(=O)C(C)Oc3ccccc32)cc1. The molecule has 2 aromatic carbocycles. The Morgan fingerprint density at radius 1 is 1.15 bits per heavy atom. The summed E-state index contributed by atoms with van der Waals surface area (Å²) in [6.45, 7) is 4.68. The predicted octanol–water partition coefficient (Wildman–Crippen LogP) is 3.16. The van der Waals surface area contributed by atoms with Crippen LogP contribution in [-0.4, -0.2) is 36.4 Å². The maximum Gasteiger partial charge on any atom is 0.267 e. The molecule has 1 aliphatic heterocycles. The van der Waals surface area contributed by atoms with Gasteiger partial charge < -0.3 is 14.5 Å². The van der Waals surface area contributed by atoms with Gasteiger partial charge >= 0.3 is 0 Å². The summed E-state index contributed by atoms with van der Waals surface area (Å²) in [6, 6.07) is 15.6. The molecule has 5 heteroatoms. The molecule has 0 radical (unpaired) electrons. The number of carbonyl (C=O) groups is 2. The van der Waals surface area contributed by atoms with Crippen molar-refractivity contribution in [2.24, 2.45) is 0 Å². The van der Waals surface area contributed by atoms with E-state index in [0.29, 0.717) is 18.8 Å². The van der Waals surface area contributed by atoms with E-state index in [0.717, 1.165) is 11.3 Å². The fourth-order valence-electron chi connectivity index (χ4n) is 3.04. The van der Waals surface area contributed by atoms with Crippen LogP contribution in [0.5, 0.6) is 5.75 Å². The summed E-state index contributed by atoms with van der Waals surface area (Å²) in [5, 5.41) is 0. The molecule has 1 heterocycles. The standard InChI is InChI=1S/C21H24N2O3/c1-15-8-10-17(11-9-15)14-22(3)20(24)12-13-23-18-6-4-5-7-19(18)26-16(2)21(23)25/h4-11,16H,12-14H2,1-3H3. The van der Waals surface area contributed by atoms with Gasteiger partial charge in [0, 0.05) is 26.6 Å². The molecular formula is C21H24N2O3. The number of aryl methyl sites for hydroxylation is 1. The number of para-hydroxylation sites is 2. The van der Waals surface area contributed by atoms with E-state index in [-0.39, 0.29) is 18.2 Å². The first-order chi connectivity index (χ1) is 12.5. The number of amides is 2. The molecule has 0 bridgehead atoms. The molecule has 0 saturated heterocycles. The highest BCUT2D eigenvalue weighted by Gasteiger charge is 2.31. The van der Waals surface area contributed by atoms with Gasteiger partial charge in [-0.15, -0.1) is 0 Å². The molecule has 136 valence electrons. The van der Waals surface area contributed by atoms with Crippen molar-refractivity contribution in [3.05, 3.63) is 59.7 Å². The Balaban J connectivity index is 1.63. The van der Waals surface area contributed by atoms with Crippen LogP contribution in [0.2, 0.25) is 0 Å². The monoisotopic (exact) mass is 352 g/mol. The Hall–Kier alpha value is -2.82. The first-order valence-corrected chi connectivity index (χ1v) is 8.82. The quantitative estimate of drug-likeness (QED) is 0.830. The lowest BCUT2D eigenvalue weighted by Gasteiger charge is -2.33. The molecule has 3 rings (SSSR count). The molecule has 0 spiro atoms. The van der Waals surface area contributed by atoms with Crippen LogP contribution < -0.4 is 9.64 Å². The van der Waals surface area contributed by atoms with Crippen LogP contribution in [-0.2, 0) is 16.1 Å². The molecule has 0 saturated carbocycles. The van der Waals surface area contributed by atoms with Crippen LogP contribution in [0.4, 0.5) is 5.69 Å². The maximum absolute atomic E-state index is 12.5. The van der Waals surface area contributed by atoms with E-state index < -0.39 is 6.10 Å². The molecule has 1 atom stereocenters. The summed E-state index contributed by atoms with van der Waals surface area (Å²) < 4.78 is 5.63. The van der Waals surface area contributed by atoms with Crippen molar-refractivity contribution < 1.29 is 14.3 Å². The minimum atomic E-state index is -0.537. The Morgan fingerprint density at radius 2 is 1.85 bits per heavy atom. The van der Waals surface area contributed by atoms with Crippen LogP contribution in [0, 0.1) is 6.92 Å². The zero-order valence-electron chi connectivity index (χ0n) is 15.4. The molecule has 26 heavy (non-hydrogen) atoms. The van der Waals surface area contributed by atoms with Gasteiger partial charge in [-0.1, -0.05) is 42.0 Å². The molecule has 2 aromatic rings. The van der Waals surface area contributed by atoms with Gasteiger partial charge in [0.2, 0.25) is 5.91 Å². The number of fused-ring (bicyclic) bond motifs is 1. The highest BCUT2D eigenvalue weighted by molar-refractivity contribution is 6.00. The highest BCUT2D eigenvalue weighted by atomic mass is 16.5. The van der Waals surface area contributed by atoms with Crippen molar-refractivity contribution in [2.45, 2.75) is 32.9 Å². The van der Waals surface area contributed by atoms with Gasteiger partial charge in [-0.25, -0.2) is 0 Å². The smallest absolute Gasteiger partial charge is 0.267 e. The summed E-state index contributed by atoms with van der Waals surface area (Å²) in [4.78, 5) is 28.3. The third kappa shape index (κ3) is 3.87. The lowest BCUT2D eigenvalue weighted by molar-refractivity contribution is -0.130. The van der Waals surface area contributed by atoms with Crippen LogP contribution >= 0.6 is 0 Å². The third-order valence-electron chi connectivity index (χ3n) is 4.59. The molecule has 1 unspecified atom stereocenters. The van der Waals surface area contributed by atoms with Crippen molar-refractivity contribution in [3.8, 4) is 5.75 Å². The maximum atomic E-state index is 12.5. The van der Waals surface area contributed by atoms with E-state index >= 15 is 0 Å². The van der Waals surface area contributed by atoms with Crippen molar-refractivity contribution in [1.29, 1.82) is 0 Å². The van der Waals surface area contributed by atoms with E-state index in [1.165, 1.54) is 5.56 Å². The largest absolute Gasteiger partial charge is 0.479 e. The molecule has 0 aromatic heterocycles. The third-order valence-corrected chi connectivity index (χ3v) is 4.59. The number of hydrogen-bond donors (Lipinski definition) is 0. The minimum absolute atomic E-state index is 0.00926. The number of ether oxygens (including phenoxy) is 1. The molecule has 2 amide bonds. The van der Waals surface area contributed by atoms with Crippen molar-refractivity contribution in [2.75, 3.05) is 18.5 Å². The molecule has 0 aliphatic carbocycles. The van der Waals surface area contributed by atoms with E-state index in [1.54, 1.807) is 23.8 Å². The first-order valence-electron chi connectivity index (χ1n) is 8.82. The van der Waals surface area contributed by atoms with Crippen LogP contribution in [0.15, 0.2) is 48.5 Å². The fraction of sp³-hybridized carbons (Fsp3) is 0.333. The number of rotatable bonds is 5. The summed E-state index contributed by atoms with van der Waals surface area (Å²) in [5.41, 5.74) is 3.01. The molecule has 1 aliphatic rings. The lowest BCUT2D eigenvalue weighted by atomic mass is 10.1.